The maximum absolute atomic E-state index is 6.62. The van der Waals surface area contributed by atoms with Crippen molar-refractivity contribution in [2.45, 2.75) is 50.6 Å². The maximum Gasteiger partial charge on any atom is 0.0482 e. The minimum Gasteiger partial charge on any atom is -0.322 e. The van der Waals surface area contributed by atoms with Crippen LogP contribution in [0.3, 0.4) is 0 Å². The molecule has 0 aromatic heterocycles. The Bertz CT molecular complexity index is 436. The van der Waals surface area contributed by atoms with Gasteiger partial charge in [-0.15, -0.1) is 0 Å². The summed E-state index contributed by atoms with van der Waals surface area (Å²) in [7, 11) is 4.31. The van der Waals surface area contributed by atoms with Crippen molar-refractivity contribution in [2.24, 2.45) is 5.73 Å². The predicted molar refractivity (Wildman–Crippen MR) is 82.6 cm³/mol. The van der Waals surface area contributed by atoms with Crippen LogP contribution >= 0.6 is 11.6 Å². The van der Waals surface area contributed by atoms with Crippen LogP contribution in [0.4, 0.5) is 0 Å². The second kappa shape index (κ2) is 5.82. The molecule has 2 N–H and O–H groups in total. The third kappa shape index (κ3) is 2.81. The Balaban J connectivity index is 2.33. The molecule has 2 rings (SSSR count). The minimum atomic E-state index is 0.0286. The maximum atomic E-state index is 6.62. The van der Waals surface area contributed by atoms with Crippen molar-refractivity contribution in [2.75, 3.05) is 14.1 Å². The number of hydrogen-bond donors (Lipinski definition) is 1. The Hall–Kier alpha value is -0.570. The van der Waals surface area contributed by atoms with E-state index in [9.17, 15) is 0 Å². The van der Waals surface area contributed by atoms with Gasteiger partial charge >= 0.3 is 0 Å². The van der Waals surface area contributed by atoms with Gasteiger partial charge in [-0.05, 0) is 51.1 Å². The molecule has 2 nitrogen and oxygen atoms in total. The lowest BCUT2D eigenvalue weighted by Crippen LogP contribution is -2.53. The van der Waals surface area contributed by atoms with E-state index in [-0.39, 0.29) is 11.6 Å². The van der Waals surface area contributed by atoms with E-state index in [1.54, 1.807) is 0 Å². The average molecular weight is 281 g/mol. The standard InChI is InChI=1S/C16H25ClN2/c1-12-7-8-13(11-14(12)17)15(18)16(19(2)3)9-5-4-6-10-16/h7-8,11,15H,4-6,9-10,18H2,1-3H3. The molecular formula is C16H25ClN2. The van der Waals surface area contributed by atoms with Gasteiger partial charge in [0.25, 0.3) is 0 Å². The monoisotopic (exact) mass is 280 g/mol. The van der Waals surface area contributed by atoms with Gasteiger partial charge in [0.15, 0.2) is 0 Å². The van der Waals surface area contributed by atoms with Gasteiger partial charge < -0.3 is 10.6 Å². The van der Waals surface area contributed by atoms with E-state index in [0.717, 1.165) is 16.1 Å². The number of aryl methyl sites for hydroxylation is 1. The lowest BCUT2D eigenvalue weighted by Gasteiger charge is -2.47. The molecule has 0 aliphatic heterocycles. The summed E-state index contributed by atoms with van der Waals surface area (Å²) in [6, 6.07) is 6.28. The van der Waals surface area contributed by atoms with Crippen molar-refractivity contribution in [1.29, 1.82) is 0 Å². The van der Waals surface area contributed by atoms with E-state index in [0.29, 0.717) is 0 Å². The first-order valence-corrected chi connectivity index (χ1v) is 7.54. The molecule has 0 amide bonds. The van der Waals surface area contributed by atoms with Crippen LogP contribution in [0.15, 0.2) is 18.2 Å². The molecule has 1 aliphatic carbocycles. The van der Waals surface area contributed by atoms with E-state index >= 15 is 0 Å². The van der Waals surface area contributed by atoms with Gasteiger partial charge in [-0.1, -0.05) is 43.0 Å². The van der Waals surface area contributed by atoms with Crippen molar-refractivity contribution in [1.82, 2.24) is 4.90 Å². The lowest BCUT2D eigenvalue weighted by molar-refractivity contribution is 0.0713. The van der Waals surface area contributed by atoms with Crippen molar-refractivity contribution in [3.8, 4) is 0 Å². The van der Waals surface area contributed by atoms with E-state index in [1.807, 2.05) is 13.0 Å². The summed E-state index contributed by atoms with van der Waals surface area (Å²) in [6.07, 6.45) is 6.22. The number of rotatable bonds is 3. The summed E-state index contributed by atoms with van der Waals surface area (Å²) in [5.41, 5.74) is 8.97. The number of likely N-dealkylation sites (N-methyl/N-ethyl adjacent to an activating group) is 1. The summed E-state index contributed by atoms with van der Waals surface area (Å²) < 4.78 is 0. The van der Waals surface area contributed by atoms with Gasteiger partial charge in [0.2, 0.25) is 0 Å². The Morgan fingerprint density at radius 3 is 2.37 bits per heavy atom. The SMILES string of the molecule is Cc1ccc(C(N)C2(N(C)C)CCCCC2)cc1Cl. The van der Waals surface area contributed by atoms with Crippen LogP contribution in [-0.4, -0.2) is 24.5 Å². The first-order chi connectivity index (χ1) is 8.97. The summed E-state index contributed by atoms with van der Waals surface area (Å²) >= 11 is 6.25. The van der Waals surface area contributed by atoms with Crippen molar-refractivity contribution in [3.63, 3.8) is 0 Å². The van der Waals surface area contributed by atoms with E-state index in [2.05, 4.69) is 31.1 Å². The summed E-state index contributed by atoms with van der Waals surface area (Å²) in [4.78, 5) is 2.32. The molecule has 0 saturated heterocycles. The van der Waals surface area contributed by atoms with Crippen molar-refractivity contribution < 1.29 is 0 Å². The normalized spacial score (nSPS) is 20.5. The van der Waals surface area contributed by atoms with Gasteiger partial charge in [0.05, 0.1) is 0 Å². The molecule has 0 radical (unpaired) electrons. The summed E-state index contributed by atoms with van der Waals surface area (Å²) in [5.74, 6) is 0. The molecule has 0 heterocycles. The molecule has 1 fully saturated rings. The van der Waals surface area contributed by atoms with Gasteiger partial charge in [-0.3, -0.25) is 0 Å². The fraction of sp³-hybridized carbons (Fsp3) is 0.625. The largest absolute Gasteiger partial charge is 0.322 e. The topological polar surface area (TPSA) is 29.3 Å². The van der Waals surface area contributed by atoms with Crippen LogP contribution in [-0.2, 0) is 0 Å². The first-order valence-electron chi connectivity index (χ1n) is 7.16. The minimum absolute atomic E-state index is 0.0286. The molecule has 0 bridgehead atoms. The first kappa shape index (κ1) is 14.8. The molecule has 0 spiro atoms. The van der Waals surface area contributed by atoms with Gasteiger partial charge in [0.1, 0.15) is 0 Å². The smallest absolute Gasteiger partial charge is 0.0482 e. The molecule has 106 valence electrons. The molecule has 1 saturated carbocycles. The van der Waals surface area contributed by atoms with Crippen LogP contribution in [0.2, 0.25) is 5.02 Å². The highest BCUT2D eigenvalue weighted by atomic mass is 35.5. The zero-order valence-corrected chi connectivity index (χ0v) is 13.0. The average Bonchev–Trinajstić information content (AvgIpc) is 2.41. The van der Waals surface area contributed by atoms with E-state index < -0.39 is 0 Å². The van der Waals surface area contributed by atoms with Crippen molar-refractivity contribution >= 4 is 11.6 Å². The summed E-state index contributed by atoms with van der Waals surface area (Å²) in [6.45, 7) is 2.03. The molecule has 19 heavy (non-hydrogen) atoms. The number of nitrogens with two attached hydrogens (primary N) is 1. The Morgan fingerprint density at radius 2 is 1.84 bits per heavy atom. The zero-order chi connectivity index (χ0) is 14.0. The van der Waals surface area contributed by atoms with Gasteiger partial charge in [-0.2, -0.15) is 0 Å². The van der Waals surface area contributed by atoms with E-state index in [1.165, 1.54) is 32.1 Å². The number of nitrogens with zero attached hydrogens (tertiary/aromatic N) is 1. The highest BCUT2D eigenvalue weighted by Gasteiger charge is 2.40. The number of halogens is 1. The lowest BCUT2D eigenvalue weighted by atomic mass is 9.73. The fourth-order valence-electron chi connectivity index (χ4n) is 3.31. The van der Waals surface area contributed by atoms with Crippen LogP contribution in [0.1, 0.15) is 49.3 Å². The fourth-order valence-corrected chi connectivity index (χ4v) is 3.50. The molecule has 1 aromatic carbocycles. The second-order valence-corrected chi connectivity index (χ2v) is 6.45. The zero-order valence-electron chi connectivity index (χ0n) is 12.2. The number of benzene rings is 1. The highest BCUT2D eigenvalue weighted by Crippen LogP contribution is 2.41. The Morgan fingerprint density at radius 1 is 1.21 bits per heavy atom. The predicted octanol–water partition coefficient (Wildman–Crippen LogP) is 3.91. The van der Waals surface area contributed by atoms with Crippen LogP contribution in [0.5, 0.6) is 0 Å². The Labute approximate surface area is 121 Å². The van der Waals surface area contributed by atoms with Crippen LogP contribution in [0.25, 0.3) is 0 Å². The second-order valence-electron chi connectivity index (χ2n) is 6.04. The van der Waals surface area contributed by atoms with Crippen LogP contribution < -0.4 is 5.73 Å². The van der Waals surface area contributed by atoms with Gasteiger partial charge in [-0.25, -0.2) is 0 Å². The molecule has 1 aliphatic rings. The molecule has 1 unspecified atom stereocenters. The Kier molecular flexibility index (Phi) is 4.54. The third-order valence-corrected chi connectivity index (χ3v) is 5.15. The number of hydrogen-bond acceptors (Lipinski definition) is 2. The summed E-state index contributed by atoms with van der Waals surface area (Å²) in [5, 5.41) is 0.817. The van der Waals surface area contributed by atoms with Crippen LogP contribution in [0, 0.1) is 6.92 Å². The van der Waals surface area contributed by atoms with Crippen molar-refractivity contribution in [3.05, 3.63) is 34.3 Å². The quantitative estimate of drug-likeness (QED) is 0.909. The molecule has 1 atom stereocenters. The highest BCUT2D eigenvalue weighted by molar-refractivity contribution is 6.31. The third-order valence-electron chi connectivity index (χ3n) is 4.74. The van der Waals surface area contributed by atoms with Gasteiger partial charge in [0, 0.05) is 16.6 Å². The molecule has 3 heteroatoms. The molecular weight excluding hydrogens is 256 g/mol. The van der Waals surface area contributed by atoms with E-state index in [4.69, 9.17) is 17.3 Å². The molecule has 1 aromatic rings.